The summed E-state index contributed by atoms with van der Waals surface area (Å²) in [5, 5.41) is 16.7. The van der Waals surface area contributed by atoms with Gasteiger partial charge in [-0.25, -0.2) is 9.97 Å². The first kappa shape index (κ1) is 27.6. The number of nitrogens with zero attached hydrogens (tertiary/aromatic N) is 5. The Labute approximate surface area is 232 Å². The minimum absolute atomic E-state index is 0.148. The van der Waals surface area contributed by atoms with E-state index < -0.39 is 5.91 Å². The number of piperidine rings is 1. The van der Waals surface area contributed by atoms with E-state index in [0.29, 0.717) is 24.1 Å². The van der Waals surface area contributed by atoms with Gasteiger partial charge in [0, 0.05) is 62.7 Å². The highest BCUT2D eigenvalue weighted by molar-refractivity contribution is 5.96. The average molecular weight is 537 g/mol. The van der Waals surface area contributed by atoms with Crippen molar-refractivity contribution in [3.05, 3.63) is 35.7 Å². The lowest BCUT2D eigenvalue weighted by Gasteiger charge is -2.42. The van der Waals surface area contributed by atoms with Crippen molar-refractivity contribution in [2.24, 2.45) is 5.73 Å². The Morgan fingerprint density at radius 2 is 1.72 bits per heavy atom. The minimum Gasteiger partial charge on any atom is -0.393 e. The van der Waals surface area contributed by atoms with Gasteiger partial charge in [-0.3, -0.25) is 9.69 Å². The maximum absolute atomic E-state index is 12.3. The number of carbonyl (C=O) groups excluding carboxylic acids is 1. The molecule has 2 aliphatic heterocycles. The molecule has 0 unspecified atom stereocenters. The highest BCUT2D eigenvalue weighted by Gasteiger charge is 2.27. The molecule has 0 radical (unpaired) electrons. The molecule has 0 atom stereocenters. The number of hydrogen-bond acceptors (Lipinski definition) is 9. The number of aromatic nitrogens is 2. The fourth-order valence-electron chi connectivity index (χ4n) is 6.10. The summed E-state index contributed by atoms with van der Waals surface area (Å²) in [6, 6.07) is 9.17. The number of likely N-dealkylation sites (N-methyl/N-ethyl adjacent to an activating group) is 1. The molecule has 1 amide bonds. The summed E-state index contributed by atoms with van der Waals surface area (Å²) in [4.78, 5) is 29.3. The molecule has 0 bridgehead atoms. The van der Waals surface area contributed by atoms with E-state index in [1.165, 1.54) is 25.9 Å². The number of nitrogens with one attached hydrogen (secondary N) is 2. The topological polar surface area (TPSA) is 123 Å². The van der Waals surface area contributed by atoms with E-state index in [2.05, 4.69) is 49.5 Å². The predicted molar refractivity (Wildman–Crippen MR) is 156 cm³/mol. The molecule has 2 aromatic rings. The van der Waals surface area contributed by atoms with Gasteiger partial charge >= 0.3 is 0 Å². The fraction of sp³-hybridized carbons (Fsp3) is 0.621. The monoisotopic (exact) mass is 536 g/mol. The molecule has 3 fully saturated rings. The molecule has 3 heterocycles. The van der Waals surface area contributed by atoms with Crippen molar-refractivity contribution in [2.45, 2.75) is 70.1 Å². The second kappa shape index (κ2) is 12.5. The van der Waals surface area contributed by atoms with Gasteiger partial charge in [0.05, 0.1) is 11.8 Å². The number of benzene rings is 1. The molecular formula is C29H44N8O2. The summed E-state index contributed by atoms with van der Waals surface area (Å²) >= 11 is 0. The van der Waals surface area contributed by atoms with Crippen molar-refractivity contribution in [1.82, 2.24) is 19.8 Å². The number of anilines is 4. The summed E-state index contributed by atoms with van der Waals surface area (Å²) in [7, 11) is 2.21. The summed E-state index contributed by atoms with van der Waals surface area (Å²) in [5.41, 5.74) is 8.60. The molecule has 1 aliphatic carbocycles. The molecule has 39 heavy (non-hydrogen) atoms. The van der Waals surface area contributed by atoms with Crippen molar-refractivity contribution < 1.29 is 9.90 Å². The van der Waals surface area contributed by atoms with Crippen LogP contribution in [-0.2, 0) is 6.42 Å². The van der Waals surface area contributed by atoms with Crippen LogP contribution in [-0.4, -0.2) is 95.3 Å². The van der Waals surface area contributed by atoms with Gasteiger partial charge in [-0.2, -0.15) is 0 Å². The minimum atomic E-state index is -0.603. The Kier molecular flexibility index (Phi) is 8.84. The lowest BCUT2D eigenvalue weighted by molar-refractivity contribution is 0.0982. The van der Waals surface area contributed by atoms with E-state index in [1.54, 1.807) is 0 Å². The van der Waals surface area contributed by atoms with Crippen LogP contribution in [0, 0.1) is 0 Å². The number of carbonyl (C=O) groups is 1. The largest absolute Gasteiger partial charge is 0.393 e. The van der Waals surface area contributed by atoms with E-state index in [1.807, 2.05) is 19.1 Å². The van der Waals surface area contributed by atoms with Crippen molar-refractivity contribution in [1.29, 1.82) is 0 Å². The Hall–Kier alpha value is -2.95. The number of nitrogens with two attached hydrogens (primary N) is 1. The number of aryl methyl sites for hydroxylation is 1. The lowest BCUT2D eigenvalue weighted by Crippen LogP contribution is -2.52. The third-order valence-electron chi connectivity index (χ3n) is 8.57. The SMILES string of the molecule is CCc1nc(C(N)=O)c(Nc2cccc(N3CCC(N4CCN(C)CC4)CC3)c2)nc1N[C@H]1CC[C@H](O)CC1. The number of aliphatic hydroxyl groups excluding tert-OH is 1. The summed E-state index contributed by atoms with van der Waals surface area (Å²) < 4.78 is 0. The number of piperazine rings is 1. The van der Waals surface area contributed by atoms with Crippen LogP contribution in [0.25, 0.3) is 0 Å². The lowest BCUT2D eigenvalue weighted by atomic mass is 9.93. The molecule has 5 N–H and O–H groups in total. The van der Waals surface area contributed by atoms with Gasteiger partial charge < -0.3 is 31.3 Å². The Morgan fingerprint density at radius 1 is 1.00 bits per heavy atom. The van der Waals surface area contributed by atoms with Crippen LogP contribution in [0.3, 0.4) is 0 Å². The molecule has 1 saturated carbocycles. The molecule has 2 saturated heterocycles. The zero-order valence-corrected chi connectivity index (χ0v) is 23.4. The molecule has 3 aliphatic rings. The smallest absolute Gasteiger partial charge is 0.271 e. The van der Waals surface area contributed by atoms with Gasteiger partial charge in [0.1, 0.15) is 5.82 Å². The normalized spacial score (nSPS) is 23.5. The quantitative estimate of drug-likeness (QED) is 0.403. The van der Waals surface area contributed by atoms with Crippen LogP contribution < -0.4 is 21.3 Å². The van der Waals surface area contributed by atoms with Crippen LogP contribution in [0.4, 0.5) is 23.0 Å². The van der Waals surface area contributed by atoms with E-state index in [4.69, 9.17) is 10.7 Å². The maximum atomic E-state index is 12.3. The van der Waals surface area contributed by atoms with Gasteiger partial charge in [-0.1, -0.05) is 13.0 Å². The third kappa shape index (κ3) is 6.80. The first-order valence-corrected chi connectivity index (χ1v) is 14.6. The zero-order chi connectivity index (χ0) is 27.4. The van der Waals surface area contributed by atoms with E-state index in [-0.39, 0.29) is 17.8 Å². The van der Waals surface area contributed by atoms with Gasteiger partial charge in [0.15, 0.2) is 11.5 Å². The molecular weight excluding hydrogens is 492 g/mol. The Bertz CT molecular complexity index is 1120. The molecule has 1 aromatic heterocycles. The van der Waals surface area contributed by atoms with Crippen molar-refractivity contribution in [3.63, 3.8) is 0 Å². The van der Waals surface area contributed by atoms with E-state index >= 15 is 0 Å². The molecule has 5 rings (SSSR count). The molecule has 10 heteroatoms. The highest BCUT2D eigenvalue weighted by atomic mass is 16.3. The number of hydrogen-bond donors (Lipinski definition) is 4. The highest BCUT2D eigenvalue weighted by Crippen LogP contribution is 2.29. The van der Waals surface area contributed by atoms with Crippen molar-refractivity contribution in [2.75, 3.05) is 61.8 Å². The predicted octanol–water partition coefficient (Wildman–Crippen LogP) is 2.81. The van der Waals surface area contributed by atoms with E-state index in [9.17, 15) is 9.90 Å². The Morgan fingerprint density at radius 3 is 2.38 bits per heavy atom. The van der Waals surface area contributed by atoms with Gasteiger partial charge in [-0.05, 0) is 70.2 Å². The van der Waals surface area contributed by atoms with Crippen LogP contribution in [0.5, 0.6) is 0 Å². The third-order valence-corrected chi connectivity index (χ3v) is 8.57. The average Bonchev–Trinajstić information content (AvgIpc) is 2.95. The van der Waals surface area contributed by atoms with Gasteiger partial charge in [0.25, 0.3) is 5.91 Å². The Balaban J connectivity index is 1.28. The van der Waals surface area contributed by atoms with Gasteiger partial charge in [-0.15, -0.1) is 0 Å². The van der Waals surface area contributed by atoms with Gasteiger partial charge in [0.2, 0.25) is 0 Å². The fourth-order valence-corrected chi connectivity index (χ4v) is 6.10. The van der Waals surface area contributed by atoms with Crippen LogP contribution in [0.1, 0.15) is 61.6 Å². The first-order valence-electron chi connectivity index (χ1n) is 14.6. The molecule has 212 valence electrons. The standard InChI is InChI=1S/C29H44N8O2/c1-3-25-28(31-20-7-9-24(38)10-8-20)34-29(26(33-25)27(30)39)32-21-5-4-6-23(19-21)36-13-11-22(12-14-36)37-17-15-35(2)16-18-37/h4-6,19-20,22,24,38H,3,7-18H2,1-2H3,(H2,30,39)(H2,31,32,34)/t20-,24-. The zero-order valence-electron chi connectivity index (χ0n) is 23.4. The van der Waals surface area contributed by atoms with Crippen LogP contribution in [0.2, 0.25) is 0 Å². The second-order valence-electron chi connectivity index (χ2n) is 11.3. The molecule has 10 nitrogen and oxygen atoms in total. The second-order valence-corrected chi connectivity index (χ2v) is 11.3. The van der Waals surface area contributed by atoms with Crippen LogP contribution in [0.15, 0.2) is 24.3 Å². The van der Waals surface area contributed by atoms with Crippen LogP contribution >= 0.6 is 0 Å². The molecule has 1 aromatic carbocycles. The summed E-state index contributed by atoms with van der Waals surface area (Å²) in [6.07, 6.45) is 6.05. The first-order chi connectivity index (χ1) is 18.9. The maximum Gasteiger partial charge on any atom is 0.271 e. The van der Waals surface area contributed by atoms with Crippen molar-refractivity contribution >= 4 is 28.9 Å². The molecule has 0 spiro atoms. The number of rotatable bonds is 8. The number of aliphatic hydroxyl groups is 1. The number of amides is 1. The van der Waals surface area contributed by atoms with Crippen molar-refractivity contribution in [3.8, 4) is 0 Å². The number of primary amides is 1. The summed E-state index contributed by atoms with van der Waals surface area (Å²) in [6.45, 7) is 8.70. The van der Waals surface area contributed by atoms with E-state index in [0.717, 1.165) is 68.9 Å². The summed E-state index contributed by atoms with van der Waals surface area (Å²) in [5.74, 6) is 0.437.